The molecule has 1 rings (SSSR count). The number of halogens is 2. The quantitative estimate of drug-likeness (QED) is 0.892. The number of carbonyl (C=O) groups is 1. The van der Waals surface area contributed by atoms with E-state index >= 15 is 0 Å². The molecule has 0 aliphatic heterocycles. The molecule has 0 radical (unpaired) electrons. The zero-order valence-corrected chi connectivity index (χ0v) is 9.60. The van der Waals surface area contributed by atoms with Crippen molar-refractivity contribution in [1.29, 1.82) is 0 Å². The van der Waals surface area contributed by atoms with E-state index in [2.05, 4.69) is 0 Å². The van der Waals surface area contributed by atoms with Crippen molar-refractivity contribution < 1.29 is 14.6 Å². The summed E-state index contributed by atoms with van der Waals surface area (Å²) in [5.41, 5.74) is 0.713. The number of aliphatic carboxylic acids is 1. The summed E-state index contributed by atoms with van der Waals surface area (Å²) in [4.78, 5) is 10.4. The molecule has 1 N–H and O–H groups in total. The van der Waals surface area contributed by atoms with Gasteiger partial charge in [-0.2, -0.15) is 0 Å². The second kappa shape index (κ2) is 5.24. The Morgan fingerprint density at radius 3 is 2.60 bits per heavy atom. The number of aryl methyl sites for hydroxylation is 1. The van der Waals surface area contributed by atoms with E-state index in [4.69, 9.17) is 33.0 Å². The van der Waals surface area contributed by atoms with Gasteiger partial charge in [0.15, 0.2) is 0 Å². The second-order valence-electron chi connectivity index (χ2n) is 2.95. The molecule has 0 unspecified atom stereocenters. The minimum atomic E-state index is -0.863. The maximum Gasteiger partial charge on any atom is 0.303 e. The van der Waals surface area contributed by atoms with Gasteiger partial charge in [-0.15, -0.1) is 0 Å². The first-order valence-electron chi connectivity index (χ1n) is 4.29. The molecule has 5 heteroatoms. The van der Waals surface area contributed by atoms with Crippen LogP contribution in [0.15, 0.2) is 12.1 Å². The van der Waals surface area contributed by atoms with Crippen molar-refractivity contribution in [1.82, 2.24) is 0 Å². The van der Waals surface area contributed by atoms with Crippen molar-refractivity contribution in [3.05, 3.63) is 27.7 Å². The summed E-state index contributed by atoms with van der Waals surface area (Å²) >= 11 is 11.9. The van der Waals surface area contributed by atoms with Crippen LogP contribution in [-0.4, -0.2) is 18.2 Å². The maximum absolute atomic E-state index is 10.4. The number of hydrogen-bond acceptors (Lipinski definition) is 2. The van der Waals surface area contributed by atoms with E-state index in [0.29, 0.717) is 27.8 Å². The van der Waals surface area contributed by atoms with Crippen molar-refractivity contribution in [2.75, 3.05) is 7.11 Å². The van der Waals surface area contributed by atoms with E-state index in [1.54, 1.807) is 12.1 Å². The first-order valence-corrected chi connectivity index (χ1v) is 5.04. The highest BCUT2D eigenvalue weighted by Crippen LogP contribution is 2.34. The molecule has 0 atom stereocenters. The van der Waals surface area contributed by atoms with Gasteiger partial charge in [0.25, 0.3) is 0 Å². The molecule has 0 saturated carbocycles. The Kier molecular flexibility index (Phi) is 4.24. The zero-order valence-electron chi connectivity index (χ0n) is 8.09. The van der Waals surface area contributed by atoms with Crippen LogP contribution < -0.4 is 4.74 Å². The van der Waals surface area contributed by atoms with Crippen LogP contribution >= 0.6 is 23.2 Å². The maximum atomic E-state index is 10.4. The lowest BCUT2D eigenvalue weighted by Crippen LogP contribution is -1.98. The molecule has 1 aromatic rings. The molecular weight excluding hydrogens is 239 g/mol. The lowest BCUT2D eigenvalue weighted by atomic mass is 10.1. The summed E-state index contributed by atoms with van der Waals surface area (Å²) in [5, 5.41) is 9.21. The summed E-state index contributed by atoms with van der Waals surface area (Å²) in [6, 6.07) is 3.39. The van der Waals surface area contributed by atoms with Gasteiger partial charge in [0, 0.05) is 6.42 Å². The Hall–Kier alpha value is -0.930. The molecule has 0 aliphatic carbocycles. The normalized spacial score (nSPS) is 10.1. The molecule has 82 valence electrons. The monoisotopic (exact) mass is 248 g/mol. The molecule has 0 bridgehead atoms. The predicted octanol–water partition coefficient (Wildman–Crippen LogP) is 3.02. The van der Waals surface area contributed by atoms with E-state index in [1.165, 1.54) is 7.11 Å². The van der Waals surface area contributed by atoms with Gasteiger partial charge in [-0.25, -0.2) is 0 Å². The van der Waals surface area contributed by atoms with E-state index in [0.717, 1.165) is 0 Å². The van der Waals surface area contributed by atoms with Crippen molar-refractivity contribution in [3.8, 4) is 5.75 Å². The molecule has 0 amide bonds. The molecule has 0 spiro atoms. The average molecular weight is 249 g/mol. The van der Waals surface area contributed by atoms with Gasteiger partial charge in [0.1, 0.15) is 10.8 Å². The smallest absolute Gasteiger partial charge is 0.303 e. The number of hydrogen-bond donors (Lipinski definition) is 1. The summed E-state index contributed by atoms with van der Waals surface area (Å²) in [5.74, 6) is -0.376. The molecular formula is C10H10Cl2O3. The number of methoxy groups -OCH3 is 1. The minimum absolute atomic E-state index is 0.0301. The number of ether oxygens (including phenoxy) is 1. The van der Waals surface area contributed by atoms with Gasteiger partial charge >= 0.3 is 5.97 Å². The molecule has 1 aromatic carbocycles. The first kappa shape index (κ1) is 12.1. The van der Waals surface area contributed by atoms with E-state index in [-0.39, 0.29) is 6.42 Å². The van der Waals surface area contributed by atoms with Crippen LogP contribution in [0, 0.1) is 0 Å². The van der Waals surface area contributed by atoms with E-state index in [9.17, 15) is 4.79 Å². The molecule has 3 nitrogen and oxygen atoms in total. The highest BCUT2D eigenvalue weighted by Gasteiger charge is 2.11. The number of carboxylic acid groups (broad SMARTS) is 1. The highest BCUT2D eigenvalue weighted by atomic mass is 35.5. The fourth-order valence-electron chi connectivity index (χ4n) is 1.16. The molecule has 0 aromatic heterocycles. The van der Waals surface area contributed by atoms with Crippen LogP contribution in [0.1, 0.15) is 12.0 Å². The molecule has 0 fully saturated rings. The van der Waals surface area contributed by atoms with Crippen LogP contribution in [0.2, 0.25) is 10.0 Å². The molecule has 0 saturated heterocycles. The summed E-state index contributed by atoms with van der Waals surface area (Å²) in [7, 11) is 1.49. The van der Waals surface area contributed by atoms with Crippen LogP contribution in [0.3, 0.4) is 0 Å². The largest absolute Gasteiger partial charge is 0.495 e. The Labute approximate surface area is 97.6 Å². The Morgan fingerprint density at radius 1 is 1.40 bits per heavy atom. The van der Waals surface area contributed by atoms with Crippen molar-refractivity contribution in [3.63, 3.8) is 0 Å². The summed E-state index contributed by atoms with van der Waals surface area (Å²) in [6.07, 6.45) is 0.389. The molecule has 15 heavy (non-hydrogen) atoms. The van der Waals surface area contributed by atoms with Crippen LogP contribution in [0.25, 0.3) is 0 Å². The summed E-state index contributed by atoms with van der Waals surface area (Å²) < 4.78 is 4.97. The first-order chi connectivity index (χ1) is 7.06. The molecule has 0 heterocycles. The average Bonchev–Trinajstić information content (AvgIpc) is 2.20. The zero-order chi connectivity index (χ0) is 11.4. The number of benzene rings is 1. The standard InChI is InChI=1S/C10H10Cl2O3/c1-15-7-4-2-6(3-5-8(13)14)9(11)10(7)12/h2,4H,3,5H2,1H3,(H,13,14). The minimum Gasteiger partial charge on any atom is -0.495 e. The van der Waals surface area contributed by atoms with Crippen molar-refractivity contribution in [2.45, 2.75) is 12.8 Å². The van der Waals surface area contributed by atoms with Gasteiger partial charge in [-0.05, 0) is 18.1 Å². The predicted molar refractivity (Wildman–Crippen MR) is 59.0 cm³/mol. The van der Waals surface area contributed by atoms with E-state index < -0.39 is 5.97 Å². The van der Waals surface area contributed by atoms with Crippen LogP contribution in [-0.2, 0) is 11.2 Å². The Morgan fingerprint density at radius 2 is 2.07 bits per heavy atom. The fraction of sp³-hybridized carbons (Fsp3) is 0.300. The SMILES string of the molecule is COc1ccc(CCC(=O)O)c(Cl)c1Cl. The fourth-order valence-corrected chi connectivity index (χ4v) is 1.68. The van der Waals surface area contributed by atoms with Gasteiger partial charge in [0.2, 0.25) is 0 Å². The highest BCUT2D eigenvalue weighted by molar-refractivity contribution is 6.43. The van der Waals surface area contributed by atoms with E-state index in [1.807, 2.05) is 0 Å². The third-order valence-electron chi connectivity index (χ3n) is 1.95. The van der Waals surface area contributed by atoms with Crippen molar-refractivity contribution >= 4 is 29.2 Å². The Bertz CT molecular complexity index is 377. The third kappa shape index (κ3) is 3.01. The summed E-state index contributed by atoms with van der Waals surface area (Å²) in [6.45, 7) is 0. The second-order valence-corrected chi connectivity index (χ2v) is 3.70. The number of carboxylic acids is 1. The van der Waals surface area contributed by atoms with Crippen LogP contribution in [0.4, 0.5) is 0 Å². The molecule has 0 aliphatic rings. The van der Waals surface area contributed by atoms with Crippen molar-refractivity contribution in [2.24, 2.45) is 0 Å². The third-order valence-corrected chi connectivity index (χ3v) is 2.86. The Balaban J connectivity index is 2.91. The van der Waals surface area contributed by atoms with Gasteiger partial charge in [-0.3, -0.25) is 4.79 Å². The van der Waals surface area contributed by atoms with Gasteiger partial charge in [0.05, 0.1) is 12.1 Å². The van der Waals surface area contributed by atoms with Gasteiger partial charge in [-0.1, -0.05) is 29.3 Å². The number of rotatable bonds is 4. The topological polar surface area (TPSA) is 46.5 Å². The van der Waals surface area contributed by atoms with Crippen LogP contribution in [0.5, 0.6) is 5.75 Å². The van der Waals surface area contributed by atoms with Gasteiger partial charge < -0.3 is 9.84 Å². The lowest BCUT2D eigenvalue weighted by molar-refractivity contribution is -0.136. The lowest BCUT2D eigenvalue weighted by Gasteiger charge is -2.08.